The SMILES string of the molecule is COc1cccc(C2C(C(=O)c3sc(-c4ccccc4)nc3C)=C(O)C(=O)N2Cc2ccncc2)c1. The molecular formula is C28H23N3O4S. The minimum Gasteiger partial charge on any atom is -0.503 e. The van der Waals surface area contributed by atoms with Crippen LogP contribution in [0.3, 0.4) is 0 Å². The highest BCUT2D eigenvalue weighted by molar-refractivity contribution is 7.17. The quantitative estimate of drug-likeness (QED) is 0.348. The predicted octanol–water partition coefficient (Wildman–Crippen LogP) is 5.30. The van der Waals surface area contributed by atoms with E-state index in [9.17, 15) is 14.7 Å². The van der Waals surface area contributed by atoms with Gasteiger partial charge in [-0.1, -0.05) is 42.5 Å². The molecule has 7 nitrogen and oxygen atoms in total. The molecule has 1 amide bonds. The van der Waals surface area contributed by atoms with Gasteiger partial charge in [-0.05, 0) is 42.3 Å². The van der Waals surface area contributed by atoms with E-state index in [1.54, 1.807) is 56.8 Å². The topological polar surface area (TPSA) is 92.6 Å². The van der Waals surface area contributed by atoms with Crippen molar-refractivity contribution in [1.82, 2.24) is 14.9 Å². The Labute approximate surface area is 212 Å². The molecule has 5 rings (SSSR count). The van der Waals surface area contributed by atoms with Crippen LogP contribution < -0.4 is 4.74 Å². The largest absolute Gasteiger partial charge is 0.503 e. The fourth-order valence-corrected chi connectivity index (χ4v) is 5.35. The number of aliphatic hydroxyl groups excluding tert-OH is 1. The van der Waals surface area contributed by atoms with Gasteiger partial charge in [0, 0.05) is 24.5 Å². The molecule has 0 spiro atoms. The number of ether oxygens (including phenoxy) is 1. The Balaban J connectivity index is 1.59. The highest BCUT2D eigenvalue weighted by Crippen LogP contribution is 2.42. The third-order valence-corrected chi connectivity index (χ3v) is 7.29. The monoisotopic (exact) mass is 497 g/mol. The second-order valence-corrected chi connectivity index (χ2v) is 9.36. The summed E-state index contributed by atoms with van der Waals surface area (Å²) in [6.45, 7) is 1.96. The van der Waals surface area contributed by atoms with Crippen molar-refractivity contribution < 1.29 is 19.4 Å². The summed E-state index contributed by atoms with van der Waals surface area (Å²) in [4.78, 5) is 37.8. The number of ketones is 1. The molecule has 0 bridgehead atoms. The van der Waals surface area contributed by atoms with Gasteiger partial charge in [-0.25, -0.2) is 4.98 Å². The number of nitrogens with zero attached hydrogens (tertiary/aromatic N) is 3. The molecule has 2 aromatic heterocycles. The smallest absolute Gasteiger partial charge is 0.290 e. The van der Waals surface area contributed by atoms with Gasteiger partial charge in [-0.15, -0.1) is 11.3 Å². The van der Waals surface area contributed by atoms with Crippen molar-refractivity contribution in [3.8, 4) is 16.3 Å². The molecule has 4 aromatic rings. The first-order valence-corrected chi connectivity index (χ1v) is 12.1. The van der Waals surface area contributed by atoms with Crippen molar-refractivity contribution in [3.05, 3.63) is 112 Å². The van der Waals surface area contributed by atoms with Crippen LogP contribution in [0.25, 0.3) is 10.6 Å². The van der Waals surface area contributed by atoms with Crippen molar-refractivity contribution in [2.75, 3.05) is 7.11 Å². The molecule has 0 saturated heterocycles. The van der Waals surface area contributed by atoms with Crippen LogP contribution in [0.5, 0.6) is 5.75 Å². The molecule has 1 unspecified atom stereocenters. The molecular weight excluding hydrogens is 474 g/mol. The van der Waals surface area contributed by atoms with Gasteiger partial charge < -0.3 is 14.7 Å². The summed E-state index contributed by atoms with van der Waals surface area (Å²) in [6.07, 6.45) is 3.28. The molecule has 0 fully saturated rings. The molecule has 1 aliphatic heterocycles. The summed E-state index contributed by atoms with van der Waals surface area (Å²) in [5.74, 6) is -0.977. The zero-order valence-corrected chi connectivity index (χ0v) is 20.5. The maximum atomic E-state index is 13.9. The Bertz CT molecular complexity index is 1460. The molecule has 180 valence electrons. The number of amides is 1. The van der Waals surface area contributed by atoms with E-state index in [0.29, 0.717) is 26.9 Å². The lowest BCUT2D eigenvalue weighted by atomic mass is 9.94. The first kappa shape index (κ1) is 23.4. The number of Topliss-reactive ketones (excluding diaryl/α,β-unsaturated/α-hetero) is 1. The minimum absolute atomic E-state index is 0.0358. The van der Waals surface area contributed by atoms with Crippen molar-refractivity contribution in [2.45, 2.75) is 19.5 Å². The molecule has 0 radical (unpaired) electrons. The number of thiazole rings is 1. The standard InChI is InChI=1S/C28H23N3O4S/c1-17-26(36-27(30-17)19-7-4-3-5-8-19)24(32)22-23(20-9-6-10-21(15-20)35-2)31(28(34)25(22)33)16-18-11-13-29-14-12-18/h3-15,23,33H,16H2,1-2H3. The lowest BCUT2D eigenvalue weighted by Gasteiger charge is -2.27. The number of aromatic nitrogens is 2. The molecule has 0 saturated carbocycles. The van der Waals surface area contributed by atoms with Gasteiger partial charge in [0.05, 0.1) is 29.3 Å². The van der Waals surface area contributed by atoms with Gasteiger partial charge in [-0.2, -0.15) is 0 Å². The van der Waals surface area contributed by atoms with Crippen LogP contribution in [0.1, 0.15) is 32.5 Å². The van der Waals surface area contributed by atoms with Crippen molar-refractivity contribution in [1.29, 1.82) is 0 Å². The van der Waals surface area contributed by atoms with E-state index >= 15 is 0 Å². The zero-order valence-electron chi connectivity index (χ0n) is 19.7. The van der Waals surface area contributed by atoms with Crippen LogP contribution in [0.2, 0.25) is 0 Å². The van der Waals surface area contributed by atoms with Crippen molar-refractivity contribution in [2.24, 2.45) is 0 Å². The summed E-state index contributed by atoms with van der Waals surface area (Å²) >= 11 is 1.25. The zero-order chi connectivity index (χ0) is 25.2. The molecule has 36 heavy (non-hydrogen) atoms. The normalized spacial score (nSPS) is 15.4. The van der Waals surface area contributed by atoms with Gasteiger partial charge in [0.25, 0.3) is 5.91 Å². The molecule has 1 atom stereocenters. The van der Waals surface area contributed by atoms with Crippen molar-refractivity contribution >= 4 is 23.0 Å². The van der Waals surface area contributed by atoms with Gasteiger partial charge in [-0.3, -0.25) is 14.6 Å². The van der Waals surface area contributed by atoms with Crippen LogP contribution in [0.4, 0.5) is 0 Å². The van der Waals surface area contributed by atoms with Crippen LogP contribution >= 0.6 is 11.3 Å². The number of methoxy groups -OCH3 is 1. The summed E-state index contributed by atoms with van der Waals surface area (Å²) < 4.78 is 5.39. The number of benzene rings is 2. The lowest BCUT2D eigenvalue weighted by Crippen LogP contribution is -2.30. The van der Waals surface area contributed by atoms with Crippen LogP contribution in [-0.4, -0.2) is 38.8 Å². The fraction of sp³-hybridized carbons (Fsp3) is 0.143. The number of carbonyl (C=O) groups is 2. The number of aliphatic hydroxyl groups is 1. The van der Waals surface area contributed by atoms with E-state index in [4.69, 9.17) is 4.74 Å². The maximum Gasteiger partial charge on any atom is 0.290 e. The Morgan fingerprint density at radius 1 is 1.08 bits per heavy atom. The molecule has 2 aromatic carbocycles. The van der Waals surface area contributed by atoms with E-state index in [1.807, 2.05) is 36.4 Å². The predicted molar refractivity (Wildman–Crippen MR) is 137 cm³/mol. The number of hydrogen-bond donors (Lipinski definition) is 1. The Hall–Kier alpha value is -4.30. The van der Waals surface area contributed by atoms with E-state index in [0.717, 1.165) is 11.1 Å². The first-order valence-electron chi connectivity index (χ1n) is 11.3. The van der Waals surface area contributed by atoms with E-state index in [1.165, 1.54) is 16.2 Å². The average Bonchev–Trinajstić information content (AvgIpc) is 3.42. The molecule has 3 heterocycles. The average molecular weight is 498 g/mol. The molecule has 1 aliphatic rings. The van der Waals surface area contributed by atoms with Gasteiger partial charge in [0.2, 0.25) is 5.78 Å². The molecule has 0 aliphatic carbocycles. The second-order valence-electron chi connectivity index (χ2n) is 8.36. The summed E-state index contributed by atoms with van der Waals surface area (Å²) in [5, 5.41) is 11.7. The second kappa shape index (κ2) is 9.75. The Kier molecular flexibility index (Phi) is 6.35. The number of rotatable bonds is 7. The van der Waals surface area contributed by atoms with E-state index < -0.39 is 23.5 Å². The van der Waals surface area contributed by atoms with Gasteiger partial charge >= 0.3 is 0 Å². The van der Waals surface area contributed by atoms with Gasteiger partial charge in [0.15, 0.2) is 5.76 Å². The van der Waals surface area contributed by atoms with Crippen LogP contribution in [-0.2, 0) is 11.3 Å². The van der Waals surface area contributed by atoms with Crippen molar-refractivity contribution in [3.63, 3.8) is 0 Å². The number of carbonyl (C=O) groups excluding carboxylic acids is 2. The van der Waals surface area contributed by atoms with Gasteiger partial charge in [0.1, 0.15) is 10.8 Å². The highest BCUT2D eigenvalue weighted by Gasteiger charge is 2.44. The van der Waals surface area contributed by atoms with Crippen LogP contribution in [0, 0.1) is 6.92 Å². The number of pyridine rings is 1. The van der Waals surface area contributed by atoms with Crippen LogP contribution in [0.15, 0.2) is 90.5 Å². The lowest BCUT2D eigenvalue weighted by molar-refractivity contribution is -0.130. The fourth-order valence-electron chi connectivity index (χ4n) is 4.33. The Morgan fingerprint density at radius 2 is 1.83 bits per heavy atom. The first-order chi connectivity index (χ1) is 17.5. The van der Waals surface area contributed by atoms with E-state index in [2.05, 4.69) is 9.97 Å². The van der Waals surface area contributed by atoms with E-state index in [-0.39, 0.29) is 12.1 Å². The molecule has 1 N–H and O–H groups in total. The summed E-state index contributed by atoms with van der Waals surface area (Å²) in [6, 6.07) is 19.6. The molecule has 8 heteroatoms. The third-order valence-electron chi connectivity index (χ3n) is 6.08. The maximum absolute atomic E-state index is 13.9. The highest BCUT2D eigenvalue weighted by atomic mass is 32.1. The third kappa shape index (κ3) is 4.27. The summed E-state index contributed by atoms with van der Waals surface area (Å²) in [5.41, 5.74) is 2.97. The number of hydrogen-bond acceptors (Lipinski definition) is 7. The Morgan fingerprint density at radius 3 is 2.56 bits per heavy atom. The minimum atomic E-state index is -0.796. The number of aryl methyl sites for hydroxylation is 1. The summed E-state index contributed by atoms with van der Waals surface area (Å²) in [7, 11) is 1.55.